The molecule has 0 saturated carbocycles. The van der Waals surface area contributed by atoms with Gasteiger partial charge in [0.2, 0.25) is 0 Å². The van der Waals surface area contributed by atoms with Gasteiger partial charge in [-0.05, 0) is 43.6 Å². The summed E-state index contributed by atoms with van der Waals surface area (Å²) in [5.41, 5.74) is 0.460. The van der Waals surface area contributed by atoms with Crippen molar-refractivity contribution in [1.82, 2.24) is 10.2 Å². The van der Waals surface area contributed by atoms with Crippen molar-refractivity contribution in [3.05, 3.63) is 0 Å². The lowest BCUT2D eigenvalue weighted by Crippen LogP contribution is -2.47. The first-order chi connectivity index (χ1) is 8.94. The fourth-order valence-corrected chi connectivity index (χ4v) is 3.43. The molecule has 0 amide bonds. The van der Waals surface area contributed by atoms with Gasteiger partial charge in [-0.3, -0.25) is 4.90 Å². The Balaban J connectivity index is 2.66. The average molecular weight is 268 g/mol. The summed E-state index contributed by atoms with van der Waals surface area (Å²) in [7, 11) is 0. The van der Waals surface area contributed by atoms with E-state index in [1.54, 1.807) is 0 Å². The zero-order valence-corrected chi connectivity index (χ0v) is 14.1. The lowest BCUT2D eigenvalue weighted by atomic mass is 9.81. The van der Waals surface area contributed by atoms with Gasteiger partial charge in [-0.15, -0.1) is 0 Å². The minimum atomic E-state index is 0.460. The first-order valence-electron chi connectivity index (χ1n) is 8.41. The van der Waals surface area contributed by atoms with Crippen molar-refractivity contribution in [2.75, 3.05) is 19.6 Å². The van der Waals surface area contributed by atoms with E-state index in [0.717, 1.165) is 12.0 Å². The highest BCUT2D eigenvalue weighted by Crippen LogP contribution is 2.32. The van der Waals surface area contributed by atoms with Crippen LogP contribution in [0.5, 0.6) is 0 Å². The van der Waals surface area contributed by atoms with Crippen molar-refractivity contribution in [3.63, 3.8) is 0 Å². The Labute approximate surface area is 121 Å². The van der Waals surface area contributed by atoms with Crippen molar-refractivity contribution in [1.29, 1.82) is 0 Å². The van der Waals surface area contributed by atoms with Crippen molar-refractivity contribution in [2.45, 2.75) is 79.3 Å². The van der Waals surface area contributed by atoms with Crippen LogP contribution in [0.3, 0.4) is 0 Å². The summed E-state index contributed by atoms with van der Waals surface area (Å²) >= 11 is 0. The van der Waals surface area contributed by atoms with Gasteiger partial charge in [-0.1, -0.05) is 41.5 Å². The van der Waals surface area contributed by atoms with Crippen LogP contribution in [0.2, 0.25) is 0 Å². The lowest BCUT2D eigenvalue weighted by molar-refractivity contribution is 0.105. The molecule has 1 unspecified atom stereocenters. The van der Waals surface area contributed by atoms with Crippen LogP contribution in [-0.4, -0.2) is 36.6 Å². The molecule has 0 aromatic rings. The molecular formula is C17H36N2. The minimum Gasteiger partial charge on any atom is -0.314 e. The summed E-state index contributed by atoms with van der Waals surface area (Å²) in [4.78, 5) is 2.78. The maximum Gasteiger partial charge on any atom is 0.0119 e. The number of hydrogen-bond donors (Lipinski definition) is 1. The topological polar surface area (TPSA) is 15.3 Å². The molecule has 0 spiro atoms. The van der Waals surface area contributed by atoms with Gasteiger partial charge < -0.3 is 5.32 Å². The molecule has 1 atom stereocenters. The Bertz CT molecular complexity index is 244. The van der Waals surface area contributed by atoms with Crippen molar-refractivity contribution >= 4 is 0 Å². The standard InChI is InChI=1S/C17H36N2/c1-7-17(8-2,12-18-15(5)6)13-19-11-9-10-16(19)14(3)4/h14-16,18H,7-13H2,1-6H3. The Kier molecular flexibility index (Phi) is 6.82. The Morgan fingerprint density at radius 2 is 1.79 bits per heavy atom. The second-order valence-electron chi connectivity index (χ2n) is 7.17. The molecule has 0 aliphatic carbocycles. The normalized spacial score (nSPS) is 21.8. The van der Waals surface area contributed by atoms with E-state index in [1.165, 1.54) is 45.3 Å². The number of hydrogen-bond acceptors (Lipinski definition) is 2. The molecular weight excluding hydrogens is 232 g/mol. The van der Waals surface area contributed by atoms with E-state index < -0.39 is 0 Å². The minimum absolute atomic E-state index is 0.460. The number of nitrogens with zero attached hydrogens (tertiary/aromatic N) is 1. The predicted molar refractivity (Wildman–Crippen MR) is 85.6 cm³/mol. The van der Waals surface area contributed by atoms with Crippen LogP contribution in [0.4, 0.5) is 0 Å². The SMILES string of the molecule is CCC(CC)(CNC(C)C)CN1CCCC1C(C)C. The fraction of sp³-hybridized carbons (Fsp3) is 1.00. The van der Waals surface area contributed by atoms with E-state index in [2.05, 4.69) is 51.8 Å². The average Bonchev–Trinajstić information content (AvgIpc) is 2.82. The van der Waals surface area contributed by atoms with E-state index in [0.29, 0.717) is 11.5 Å². The largest absolute Gasteiger partial charge is 0.314 e. The van der Waals surface area contributed by atoms with E-state index in [9.17, 15) is 0 Å². The third-order valence-corrected chi connectivity index (χ3v) is 5.11. The second kappa shape index (κ2) is 7.64. The van der Waals surface area contributed by atoms with Gasteiger partial charge in [-0.25, -0.2) is 0 Å². The third kappa shape index (κ3) is 4.75. The smallest absolute Gasteiger partial charge is 0.0119 e. The van der Waals surface area contributed by atoms with Crippen LogP contribution in [0, 0.1) is 11.3 Å². The highest BCUT2D eigenvalue weighted by atomic mass is 15.2. The maximum atomic E-state index is 3.68. The molecule has 0 aromatic heterocycles. The first kappa shape index (κ1) is 17.0. The zero-order valence-electron chi connectivity index (χ0n) is 14.1. The summed E-state index contributed by atoms with van der Waals surface area (Å²) in [6, 6.07) is 1.41. The van der Waals surface area contributed by atoms with E-state index in [1.807, 2.05) is 0 Å². The summed E-state index contributed by atoms with van der Waals surface area (Å²) in [5, 5.41) is 3.68. The monoisotopic (exact) mass is 268 g/mol. The molecule has 0 aromatic carbocycles. The molecule has 114 valence electrons. The molecule has 1 aliphatic heterocycles. The fourth-order valence-electron chi connectivity index (χ4n) is 3.43. The van der Waals surface area contributed by atoms with Gasteiger partial charge in [0, 0.05) is 25.2 Å². The molecule has 1 fully saturated rings. The van der Waals surface area contributed by atoms with E-state index in [4.69, 9.17) is 0 Å². The maximum absolute atomic E-state index is 3.68. The van der Waals surface area contributed by atoms with Gasteiger partial charge in [0.05, 0.1) is 0 Å². The van der Waals surface area contributed by atoms with Crippen molar-refractivity contribution in [2.24, 2.45) is 11.3 Å². The summed E-state index contributed by atoms with van der Waals surface area (Å²) in [5.74, 6) is 0.798. The van der Waals surface area contributed by atoms with Crippen LogP contribution < -0.4 is 5.32 Å². The molecule has 2 nitrogen and oxygen atoms in total. The van der Waals surface area contributed by atoms with Crippen LogP contribution in [0.25, 0.3) is 0 Å². The van der Waals surface area contributed by atoms with Crippen LogP contribution in [0.1, 0.15) is 67.2 Å². The number of nitrogens with one attached hydrogen (secondary N) is 1. The van der Waals surface area contributed by atoms with Crippen LogP contribution >= 0.6 is 0 Å². The van der Waals surface area contributed by atoms with Gasteiger partial charge in [-0.2, -0.15) is 0 Å². The highest BCUT2D eigenvalue weighted by molar-refractivity contribution is 4.89. The van der Waals surface area contributed by atoms with Gasteiger partial charge in [0.1, 0.15) is 0 Å². The van der Waals surface area contributed by atoms with E-state index in [-0.39, 0.29) is 0 Å². The highest BCUT2D eigenvalue weighted by Gasteiger charge is 2.34. The third-order valence-electron chi connectivity index (χ3n) is 5.11. The molecule has 2 heteroatoms. The quantitative estimate of drug-likeness (QED) is 0.718. The first-order valence-corrected chi connectivity index (χ1v) is 8.41. The van der Waals surface area contributed by atoms with Crippen LogP contribution in [-0.2, 0) is 0 Å². The Hall–Kier alpha value is -0.0800. The predicted octanol–water partition coefficient (Wildman–Crippen LogP) is 3.91. The van der Waals surface area contributed by atoms with Gasteiger partial charge >= 0.3 is 0 Å². The Morgan fingerprint density at radius 1 is 1.16 bits per heavy atom. The zero-order chi connectivity index (χ0) is 14.5. The summed E-state index contributed by atoms with van der Waals surface area (Å²) in [6.45, 7) is 17.8. The molecule has 0 radical (unpaired) electrons. The van der Waals surface area contributed by atoms with Crippen molar-refractivity contribution < 1.29 is 0 Å². The molecule has 1 heterocycles. The summed E-state index contributed by atoms with van der Waals surface area (Å²) in [6.07, 6.45) is 5.36. The molecule has 1 saturated heterocycles. The van der Waals surface area contributed by atoms with Crippen LogP contribution in [0.15, 0.2) is 0 Å². The molecule has 0 bridgehead atoms. The van der Waals surface area contributed by atoms with Crippen molar-refractivity contribution in [3.8, 4) is 0 Å². The van der Waals surface area contributed by atoms with Gasteiger partial charge in [0.25, 0.3) is 0 Å². The molecule has 19 heavy (non-hydrogen) atoms. The molecule has 1 rings (SSSR count). The molecule has 1 aliphatic rings. The Morgan fingerprint density at radius 3 is 2.26 bits per heavy atom. The second-order valence-corrected chi connectivity index (χ2v) is 7.17. The number of rotatable bonds is 8. The molecule has 1 N–H and O–H groups in total. The van der Waals surface area contributed by atoms with Gasteiger partial charge in [0.15, 0.2) is 0 Å². The van der Waals surface area contributed by atoms with E-state index >= 15 is 0 Å². The lowest BCUT2D eigenvalue weighted by Gasteiger charge is -2.40. The number of likely N-dealkylation sites (tertiary alicyclic amines) is 1. The summed E-state index contributed by atoms with van der Waals surface area (Å²) < 4.78 is 0.